The van der Waals surface area contributed by atoms with Crippen LogP contribution in [-0.4, -0.2) is 36.7 Å². The van der Waals surface area contributed by atoms with Crippen LogP contribution in [0.25, 0.3) is 0 Å². The average molecular weight is 415 g/mol. The van der Waals surface area contributed by atoms with Crippen LogP contribution >= 0.6 is 11.8 Å². The molecule has 0 aromatic heterocycles. The summed E-state index contributed by atoms with van der Waals surface area (Å²) in [5.41, 5.74) is 1.22. The van der Waals surface area contributed by atoms with E-state index in [0.29, 0.717) is 23.5 Å². The second-order valence-corrected chi connectivity index (χ2v) is 10.3. The van der Waals surface area contributed by atoms with Crippen LogP contribution in [-0.2, 0) is 14.3 Å². The fourth-order valence-electron chi connectivity index (χ4n) is 6.27. The van der Waals surface area contributed by atoms with Crippen molar-refractivity contribution < 1.29 is 19.1 Å². The van der Waals surface area contributed by atoms with E-state index in [2.05, 4.69) is 10.6 Å². The number of hydrogen-bond acceptors (Lipinski definition) is 5. The maximum absolute atomic E-state index is 12.3. The molecule has 2 amide bonds. The van der Waals surface area contributed by atoms with Gasteiger partial charge in [0.25, 0.3) is 5.91 Å². The molecule has 4 fully saturated rings. The number of fused-ring (bicyclic) bond motifs is 1. The molecular weight excluding hydrogens is 388 g/mol. The summed E-state index contributed by atoms with van der Waals surface area (Å²) in [5.74, 6) is 2.03. The van der Waals surface area contributed by atoms with Crippen LogP contribution < -0.4 is 10.6 Å². The van der Waals surface area contributed by atoms with E-state index in [1.54, 1.807) is 18.2 Å². The minimum Gasteiger partial charge on any atom is -0.452 e. The standard InChI is InChI=1S/C22H26N2O4S/c25-19(23-12-22-7-13-3-14(8-22)5-15(4-13)9-22)10-28-21(27)16-1-2-18-17(6-16)24-20(26)11-29-18/h1-2,6,13-15H,3-5,7-12H2,(H,23,25)(H,24,26). The van der Waals surface area contributed by atoms with Crippen LogP contribution in [0.3, 0.4) is 0 Å². The van der Waals surface area contributed by atoms with Gasteiger partial charge in [-0.15, -0.1) is 11.8 Å². The summed E-state index contributed by atoms with van der Waals surface area (Å²) in [5, 5.41) is 5.78. The van der Waals surface area contributed by atoms with Crippen LogP contribution in [0.15, 0.2) is 23.1 Å². The van der Waals surface area contributed by atoms with Gasteiger partial charge in [-0.05, 0) is 79.9 Å². The number of carbonyl (C=O) groups is 3. The molecule has 154 valence electrons. The summed E-state index contributed by atoms with van der Waals surface area (Å²) in [6, 6.07) is 5.07. The first kappa shape index (κ1) is 19.0. The van der Waals surface area contributed by atoms with Crippen LogP contribution in [0.5, 0.6) is 0 Å². The predicted octanol–water partition coefficient (Wildman–Crippen LogP) is 3.22. The van der Waals surface area contributed by atoms with Gasteiger partial charge in [0, 0.05) is 11.4 Å². The first-order valence-corrected chi connectivity index (χ1v) is 11.5. The third-order valence-electron chi connectivity index (χ3n) is 7.01. The number of thioether (sulfide) groups is 1. The molecular formula is C22H26N2O4S. The van der Waals surface area contributed by atoms with Gasteiger partial charge in [-0.25, -0.2) is 4.79 Å². The van der Waals surface area contributed by atoms with Gasteiger partial charge in [0.2, 0.25) is 5.91 Å². The second-order valence-electron chi connectivity index (χ2n) is 9.32. The minimum atomic E-state index is -0.553. The van der Waals surface area contributed by atoms with Crippen LogP contribution in [0.1, 0.15) is 48.9 Å². The Morgan fingerprint density at radius 3 is 2.52 bits per heavy atom. The van der Waals surface area contributed by atoms with E-state index in [1.165, 1.54) is 50.3 Å². The number of ether oxygens (including phenoxy) is 1. The van der Waals surface area contributed by atoms with Gasteiger partial charge in [0.05, 0.1) is 17.0 Å². The van der Waals surface area contributed by atoms with Crippen LogP contribution in [0, 0.1) is 23.2 Å². The Balaban J connectivity index is 1.13. The van der Waals surface area contributed by atoms with Crippen molar-refractivity contribution in [1.29, 1.82) is 0 Å². The van der Waals surface area contributed by atoms with Crippen molar-refractivity contribution in [2.45, 2.75) is 43.4 Å². The molecule has 1 aromatic carbocycles. The zero-order valence-corrected chi connectivity index (χ0v) is 17.2. The number of amides is 2. The summed E-state index contributed by atoms with van der Waals surface area (Å²) in [6.07, 6.45) is 7.84. The highest BCUT2D eigenvalue weighted by Gasteiger charge is 2.50. The highest BCUT2D eigenvalue weighted by Crippen LogP contribution is 2.59. The molecule has 0 atom stereocenters. The number of esters is 1. The number of hydrogen-bond donors (Lipinski definition) is 2. The van der Waals surface area contributed by atoms with Crippen molar-refractivity contribution in [1.82, 2.24) is 5.32 Å². The Labute approximate surface area is 174 Å². The Kier molecular flexibility index (Phi) is 4.81. The first-order chi connectivity index (χ1) is 14.0. The normalized spacial score (nSPS) is 31.7. The SMILES string of the molecule is O=C(COC(=O)c1ccc2c(c1)NC(=O)CS2)NCC12CC3CC(CC(C3)C1)C2. The Bertz CT molecular complexity index is 833. The summed E-state index contributed by atoms with van der Waals surface area (Å²) >= 11 is 1.44. The van der Waals surface area contributed by atoms with Crippen molar-refractivity contribution in [2.75, 3.05) is 24.2 Å². The van der Waals surface area contributed by atoms with E-state index in [1.807, 2.05) is 0 Å². The lowest BCUT2D eigenvalue weighted by Crippen LogP contribution is -2.51. The van der Waals surface area contributed by atoms with Crippen LogP contribution in [0.2, 0.25) is 0 Å². The number of anilines is 1. The quantitative estimate of drug-likeness (QED) is 0.723. The molecule has 6 rings (SSSR count). The van der Waals surface area contributed by atoms with Gasteiger partial charge < -0.3 is 15.4 Å². The van der Waals surface area contributed by atoms with Crippen molar-refractivity contribution in [3.8, 4) is 0 Å². The van der Waals surface area contributed by atoms with E-state index in [0.717, 1.165) is 22.6 Å². The smallest absolute Gasteiger partial charge is 0.338 e. The maximum Gasteiger partial charge on any atom is 0.338 e. The summed E-state index contributed by atoms with van der Waals surface area (Å²) in [4.78, 5) is 37.1. The summed E-state index contributed by atoms with van der Waals surface area (Å²) in [6.45, 7) is 0.429. The molecule has 6 nitrogen and oxygen atoms in total. The molecule has 0 radical (unpaired) electrons. The highest BCUT2D eigenvalue weighted by atomic mass is 32.2. The molecule has 7 heteroatoms. The highest BCUT2D eigenvalue weighted by molar-refractivity contribution is 8.00. The molecule has 2 N–H and O–H groups in total. The minimum absolute atomic E-state index is 0.0860. The van der Waals surface area contributed by atoms with Gasteiger partial charge in [-0.3, -0.25) is 9.59 Å². The maximum atomic E-state index is 12.3. The first-order valence-electron chi connectivity index (χ1n) is 10.5. The molecule has 4 bridgehead atoms. The molecule has 5 aliphatic rings. The topological polar surface area (TPSA) is 84.5 Å². The second kappa shape index (κ2) is 7.35. The fourth-order valence-corrected chi connectivity index (χ4v) is 7.06. The molecule has 0 saturated heterocycles. The lowest BCUT2D eigenvalue weighted by Gasteiger charge is -2.56. The van der Waals surface area contributed by atoms with Gasteiger partial charge in [-0.2, -0.15) is 0 Å². The third kappa shape index (κ3) is 3.89. The van der Waals surface area contributed by atoms with E-state index < -0.39 is 5.97 Å². The number of nitrogens with one attached hydrogen (secondary N) is 2. The van der Waals surface area contributed by atoms with E-state index in [-0.39, 0.29) is 23.8 Å². The van der Waals surface area contributed by atoms with Crippen molar-refractivity contribution in [3.63, 3.8) is 0 Å². The number of benzene rings is 1. The molecule has 4 saturated carbocycles. The van der Waals surface area contributed by atoms with Crippen LogP contribution in [0.4, 0.5) is 5.69 Å². The lowest BCUT2D eigenvalue weighted by molar-refractivity contribution is -0.126. The number of rotatable bonds is 5. The van der Waals surface area contributed by atoms with Crippen molar-refractivity contribution in [3.05, 3.63) is 23.8 Å². The Morgan fingerprint density at radius 2 is 1.83 bits per heavy atom. The largest absolute Gasteiger partial charge is 0.452 e. The molecule has 0 spiro atoms. The predicted molar refractivity (Wildman–Crippen MR) is 110 cm³/mol. The molecule has 1 aromatic rings. The van der Waals surface area contributed by atoms with Gasteiger partial charge in [-0.1, -0.05) is 0 Å². The molecule has 4 aliphatic carbocycles. The lowest BCUT2D eigenvalue weighted by atomic mass is 9.49. The van der Waals surface area contributed by atoms with Gasteiger partial charge >= 0.3 is 5.97 Å². The van der Waals surface area contributed by atoms with E-state index in [4.69, 9.17) is 4.74 Å². The van der Waals surface area contributed by atoms with E-state index in [9.17, 15) is 14.4 Å². The summed E-state index contributed by atoms with van der Waals surface area (Å²) in [7, 11) is 0. The third-order valence-corrected chi connectivity index (χ3v) is 8.08. The molecule has 0 unspecified atom stereocenters. The van der Waals surface area contributed by atoms with E-state index >= 15 is 0 Å². The molecule has 1 aliphatic heterocycles. The monoisotopic (exact) mass is 414 g/mol. The average Bonchev–Trinajstić information content (AvgIpc) is 2.69. The van der Waals surface area contributed by atoms with Crippen molar-refractivity contribution >= 4 is 35.2 Å². The molecule has 29 heavy (non-hydrogen) atoms. The van der Waals surface area contributed by atoms with Gasteiger partial charge in [0.1, 0.15) is 0 Å². The number of carbonyl (C=O) groups excluding carboxylic acids is 3. The Hall–Kier alpha value is -2.02. The summed E-state index contributed by atoms with van der Waals surface area (Å²) < 4.78 is 5.21. The zero-order valence-electron chi connectivity index (χ0n) is 16.4. The fraction of sp³-hybridized carbons (Fsp3) is 0.591. The van der Waals surface area contributed by atoms with Crippen molar-refractivity contribution in [2.24, 2.45) is 23.2 Å². The molecule has 1 heterocycles. The van der Waals surface area contributed by atoms with Gasteiger partial charge in [0.15, 0.2) is 6.61 Å². The Morgan fingerprint density at radius 1 is 1.14 bits per heavy atom. The zero-order chi connectivity index (χ0) is 20.0.